The highest BCUT2D eigenvalue weighted by atomic mass is 35.5. The Balaban J connectivity index is 2.09. The Hall–Kier alpha value is -2.15. The summed E-state index contributed by atoms with van der Waals surface area (Å²) in [5, 5.41) is 10.9. The molecule has 0 bridgehead atoms. The molecule has 1 amide bonds. The van der Waals surface area contributed by atoms with Gasteiger partial charge in [-0.2, -0.15) is 0 Å². The van der Waals surface area contributed by atoms with Gasteiger partial charge in [0.25, 0.3) is 11.6 Å². The number of nitro groups is 1. The number of amides is 1. The Bertz CT molecular complexity index is 688. The molecule has 0 aromatic heterocycles. The molecule has 1 atom stereocenters. The van der Waals surface area contributed by atoms with Crippen LogP contribution in [0.25, 0.3) is 0 Å². The first-order valence-electron chi connectivity index (χ1n) is 8.80. The number of nitrogens with zero attached hydrogens (tertiary/aromatic N) is 2. The van der Waals surface area contributed by atoms with Gasteiger partial charge >= 0.3 is 5.97 Å². The molecular weight excluding hydrogens is 360 g/mol. The summed E-state index contributed by atoms with van der Waals surface area (Å²) < 4.78 is 5.25. The van der Waals surface area contributed by atoms with Crippen LogP contribution in [0, 0.1) is 10.1 Å². The molecule has 1 aromatic carbocycles. The third-order valence-electron chi connectivity index (χ3n) is 4.65. The van der Waals surface area contributed by atoms with Crippen molar-refractivity contribution in [3.05, 3.63) is 38.9 Å². The predicted octanol–water partition coefficient (Wildman–Crippen LogP) is 3.97. The van der Waals surface area contributed by atoms with Crippen LogP contribution in [0.5, 0.6) is 0 Å². The van der Waals surface area contributed by atoms with Gasteiger partial charge in [0.1, 0.15) is 0 Å². The lowest BCUT2D eigenvalue weighted by molar-refractivity contribution is -0.384. The quantitative estimate of drug-likeness (QED) is 0.421. The molecule has 26 heavy (non-hydrogen) atoms. The van der Waals surface area contributed by atoms with Crippen molar-refractivity contribution in [1.82, 2.24) is 4.90 Å². The van der Waals surface area contributed by atoms with Crippen LogP contribution in [0.2, 0.25) is 5.02 Å². The van der Waals surface area contributed by atoms with Gasteiger partial charge < -0.3 is 9.64 Å². The van der Waals surface area contributed by atoms with Crippen LogP contribution in [-0.4, -0.2) is 40.4 Å². The first kappa shape index (κ1) is 20.2. The van der Waals surface area contributed by atoms with E-state index in [9.17, 15) is 19.7 Å². The lowest BCUT2D eigenvalue weighted by atomic mass is 9.94. The Labute approximate surface area is 157 Å². The van der Waals surface area contributed by atoms with Crippen molar-refractivity contribution in [2.24, 2.45) is 0 Å². The highest BCUT2D eigenvalue weighted by molar-refractivity contribution is 6.33. The van der Waals surface area contributed by atoms with Crippen molar-refractivity contribution in [3.63, 3.8) is 0 Å². The van der Waals surface area contributed by atoms with Crippen molar-refractivity contribution < 1.29 is 19.2 Å². The van der Waals surface area contributed by atoms with E-state index in [1.807, 2.05) is 6.92 Å². The van der Waals surface area contributed by atoms with Crippen molar-refractivity contribution in [3.8, 4) is 0 Å². The van der Waals surface area contributed by atoms with Crippen LogP contribution in [0.3, 0.4) is 0 Å². The third kappa shape index (κ3) is 4.72. The largest absolute Gasteiger partial charge is 0.449 e. The number of rotatable bonds is 6. The van der Waals surface area contributed by atoms with Crippen molar-refractivity contribution in [2.45, 2.75) is 58.1 Å². The molecule has 1 aliphatic carbocycles. The number of ether oxygens (including phenoxy) is 1. The van der Waals surface area contributed by atoms with Crippen LogP contribution < -0.4 is 0 Å². The number of likely N-dealkylation sites (N-methyl/N-ethyl adjacent to an activating group) is 1. The summed E-state index contributed by atoms with van der Waals surface area (Å²) in [6.07, 6.45) is 4.28. The number of halogens is 1. The summed E-state index contributed by atoms with van der Waals surface area (Å²) in [4.78, 5) is 37.1. The molecule has 1 fully saturated rings. The van der Waals surface area contributed by atoms with Crippen molar-refractivity contribution in [1.29, 1.82) is 0 Å². The number of nitro benzene ring substituents is 1. The third-order valence-corrected chi connectivity index (χ3v) is 4.98. The molecule has 0 spiro atoms. The van der Waals surface area contributed by atoms with E-state index in [-0.39, 0.29) is 28.2 Å². The molecular formula is C18H23ClN2O5. The SMILES string of the molecule is CCN(C(=O)[C@H](C)OC(=O)c1cc([N+](=O)[O-])ccc1Cl)C1CCCCC1. The summed E-state index contributed by atoms with van der Waals surface area (Å²) in [5.41, 5.74) is -0.390. The number of hydrogen-bond acceptors (Lipinski definition) is 5. The molecule has 0 aliphatic heterocycles. The summed E-state index contributed by atoms with van der Waals surface area (Å²) in [5.74, 6) is -1.10. The zero-order valence-electron chi connectivity index (χ0n) is 14.9. The van der Waals surface area contributed by atoms with E-state index >= 15 is 0 Å². The molecule has 0 unspecified atom stereocenters. The fourth-order valence-corrected chi connectivity index (χ4v) is 3.47. The highest BCUT2D eigenvalue weighted by Crippen LogP contribution is 2.25. The van der Waals surface area contributed by atoms with Gasteiger partial charge in [-0.05, 0) is 32.8 Å². The first-order valence-corrected chi connectivity index (χ1v) is 9.18. The minimum atomic E-state index is -0.986. The van der Waals surface area contributed by atoms with Gasteiger partial charge in [0.2, 0.25) is 0 Å². The average molecular weight is 383 g/mol. The monoisotopic (exact) mass is 382 g/mol. The zero-order valence-corrected chi connectivity index (χ0v) is 15.7. The Kier molecular flexibility index (Phi) is 6.97. The second kappa shape index (κ2) is 8.98. The normalized spacial score (nSPS) is 16.0. The lowest BCUT2D eigenvalue weighted by Gasteiger charge is -2.35. The van der Waals surface area contributed by atoms with Crippen molar-refractivity contribution >= 4 is 29.2 Å². The van der Waals surface area contributed by atoms with Crippen LogP contribution in [0.4, 0.5) is 5.69 Å². The molecule has 0 heterocycles. The zero-order chi connectivity index (χ0) is 19.3. The lowest BCUT2D eigenvalue weighted by Crippen LogP contribution is -2.46. The minimum Gasteiger partial charge on any atom is -0.449 e. The Morgan fingerprint density at radius 3 is 2.58 bits per heavy atom. The van der Waals surface area contributed by atoms with Gasteiger partial charge in [-0.1, -0.05) is 30.9 Å². The minimum absolute atomic E-state index is 0.0416. The summed E-state index contributed by atoms with van der Waals surface area (Å²) in [7, 11) is 0. The molecule has 2 rings (SSSR count). The average Bonchev–Trinajstić information content (AvgIpc) is 2.63. The van der Waals surface area contributed by atoms with Crippen LogP contribution >= 0.6 is 11.6 Å². The van der Waals surface area contributed by atoms with Crippen LogP contribution in [0.1, 0.15) is 56.3 Å². The van der Waals surface area contributed by atoms with Gasteiger partial charge in [0, 0.05) is 24.7 Å². The van der Waals surface area contributed by atoms with Crippen LogP contribution in [0.15, 0.2) is 18.2 Å². The molecule has 8 heteroatoms. The molecule has 0 N–H and O–H groups in total. The standard InChI is InChI=1S/C18H23ClN2O5/c1-3-20(13-7-5-4-6-8-13)17(22)12(2)26-18(23)15-11-14(21(24)25)9-10-16(15)19/h9-13H,3-8H2,1-2H3/t12-/m0/s1. The summed E-state index contributed by atoms with van der Waals surface area (Å²) in [6.45, 7) is 3.96. The number of carbonyl (C=O) groups excluding carboxylic acids is 2. The highest BCUT2D eigenvalue weighted by Gasteiger charge is 2.30. The number of non-ortho nitro benzene ring substituents is 1. The second-order valence-corrected chi connectivity index (χ2v) is 6.79. The smallest absolute Gasteiger partial charge is 0.340 e. The maximum Gasteiger partial charge on any atom is 0.340 e. The fraction of sp³-hybridized carbons (Fsp3) is 0.556. The van der Waals surface area contributed by atoms with Gasteiger partial charge in [-0.15, -0.1) is 0 Å². The van der Waals surface area contributed by atoms with E-state index in [0.717, 1.165) is 31.7 Å². The summed E-state index contributed by atoms with van der Waals surface area (Å²) >= 11 is 5.95. The number of benzene rings is 1. The van der Waals surface area contributed by atoms with E-state index in [1.54, 1.807) is 4.90 Å². The molecule has 1 aromatic rings. The van der Waals surface area contributed by atoms with Gasteiger partial charge in [0.05, 0.1) is 15.5 Å². The molecule has 142 valence electrons. The summed E-state index contributed by atoms with van der Waals surface area (Å²) in [6, 6.07) is 3.70. The van der Waals surface area contributed by atoms with Gasteiger partial charge in [-0.3, -0.25) is 14.9 Å². The second-order valence-electron chi connectivity index (χ2n) is 6.38. The molecule has 1 saturated carbocycles. The van der Waals surface area contributed by atoms with E-state index in [4.69, 9.17) is 16.3 Å². The number of carbonyl (C=O) groups is 2. The predicted molar refractivity (Wildman–Crippen MR) is 97.2 cm³/mol. The van der Waals surface area contributed by atoms with E-state index in [2.05, 4.69) is 0 Å². The van der Waals surface area contributed by atoms with Gasteiger partial charge in [0.15, 0.2) is 6.10 Å². The number of esters is 1. The van der Waals surface area contributed by atoms with Crippen LogP contribution in [-0.2, 0) is 9.53 Å². The maximum atomic E-state index is 12.7. The molecule has 1 aliphatic rings. The fourth-order valence-electron chi connectivity index (χ4n) is 3.28. The van der Waals surface area contributed by atoms with Crippen molar-refractivity contribution in [2.75, 3.05) is 6.54 Å². The molecule has 0 radical (unpaired) electrons. The van der Waals surface area contributed by atoms with Gasteiger partial charge in [-0.25, -0.2) is 4.79 Å². The Morgan fingerprint density at radius 1 is 1.35 bits per heavy atom. The maximum absolute atomic E-state index is 12.7. The topological polar surface area (TPSA) is 89.8 Å². The van der Waals surface area contributed by atoms with E-state index in [1.165, 1.54) is 25.5 Å². The molecule has 7 nitrogen and oxygen atoms in total. The molecule has 0 saturated heterocycles. The Morgan fingerprint density at radius 2 is 2.00 bits per heavy atom. The van der Waals surface area contributed by atoms with E-state index < -0.39 is 17.0 Å². The number of hydrogen-bond donors (Lipinski definition) is 0. The van der Waals surface area contributed by atoms with E-state index in [0.29, 0.717) is 6.54 Å². The first-order chi connectivity index (χ1) is 12.3.